The number of ether oxygens (including phenoxy) is 1. The predicted octanol–water partition coefficient (Wildman–Crippen LogP) is 3.74. The van der Waals surface area contributed by atoms with Gasteiger partial charge < -0.3 is 10.1 Å². The highest BCUT2D eigenvalue weighted by atomic mass is 32.2. The zero-order valence-electron chi connectivity index (χ0n) is 16.5. The lowest BCUT2D eigenvalue weighted by Crippen LogP contribution is -2.35. The number of hydrogen-bond acceptors (Lipinski definition) is 4. The van der Waals surface area contributed by atoms with E-state index in [4.69, 9.17) is 4.74 Å². The van der Waals surface area contributed by atoms with E-state index < -0.39 is 10.0 Å². The summed E-state index contributed by atoms with van der Waals surface area (Å²) >= 11 is 0. The summed E-state index contributed by atoms with van der Waals surface area (Å²) in [7, 11) is -2.24. The molecular formula is C21H26N2O4S. The largest absolute Gasteiger partial charge is 0.495 e. The van der Waals surface area contributed by atoms with E-state index in [0.717, 1.165) is 30.4 Å². The summed E-state index contributed by atoms with van der Waals surface area (Å²) in [6, 6.07) is 10.2. The summed E-state index contributed by atoms with van der Waals surface area (Å²) in [6.07, 6.45) is 2.74. The molecule has 0 aromatic heterocycles. The van der Waals surface area contributed by atoms with Gasteiger partial charge in [-0.25, -0.2) is 8.42 Å². The molecule has 0 unspecified atom stereocenters. The summed E-state index contributed by atoms with van der Waals surface area (Å²) in [4.78, 5) is 12.7. The monoisotopic (exact) mass is 402 g/mol. The van der Waals surface area contributed by atoms with Gasteiger partial charge in [-0.2, -0.15) is 4.31 Å². The molecule has 0 aliphatic carbocycles. The number of aryl methyl sites for hydroxylation is 2. The van der Waals surface area contributed by atoms with Gasteiger partial charge in [0.05, 0.1) is 7.11 Å². The average Bonchev–Trinajstić information content (AvgIpc) is 2.70. The van der Waals surface area contributed by atoms with Gasteiger partial charge in [0.15, 0.2) is 0 Å². The van der Waals surface area contributed by atoms with Crippen LogP contribution in [0.2, 0.25) is 0 Å². The third-order valence-corrected chi connectivity index (χ3v) is 7.04. The van der Waals surface area contributed by atoms with Crippen LogP contribution in [0, 0.1) is 13.8 Å². The number of piperidine rings is 1. The number of rotatable bonds is 5. The zero-order valence-corrected chi connectivity index (χ0v) is 17.3. The molecule has 28 heavy (non-hydrogen) atoms. The molecule has 1 aliphatic rings. The number of sulfonamides is 1. The molecule has 0 bridgehead atoms. The van der Waals surface area contributed by atoms with E-state index in [0.29, 0.717) is 24.3 Å². The van der Waals surface area contributed by atoms with Gasteiger partial charge >= 0.3 is 0 Å². The van der Waals surface area contributed by atoms with E-state index >= 15 is 0 Å². The first kappa shape index (κ1) is 20.4. The van der Waals surface area contributed by atoms with Crippen molar-refractivity contribution in [1.29, 1.82) is 0 Å². The van der Waals surface area contributed by atoms with Crippen molar-refractivity contribution in [1.82, 2.24) is 4.31 Å². The van der Waals surface area contributed by atoms with Crippen molar-refractivity contribution in [3.8, 4) is 5.75 Å². The van der Waals surface area contributed by atoms with Gasteiger partial charge in [0.2, 0.25) is 10.0 Å². The van der Waals surface area contributed by atoms with Crippen molar-refractivity contribution >= 4 is 21.6 Å². The van der Waals surface area contributed by atoms with Gasteiger partial charge in [0.25, 0.3) is 5.91 Å². The highest BCUT2D eigenvalue weighted by Crippen LogP contribution is 2.31. The number of nitrogens with one attached hydrogen (secondary N) is 1. The zero-order chi connectivity index (χ0) is 20.3. The Kier molecular flexibility index (Phi) is 6.05. The van der Waals surface area contributed by atoms with Crippen molar-refractivity contribution < 1.29 is 17.9 Å². The third-order valence-electron chi connectivity index (χ3n) is 5.12. The van der Waals surface area contributed by atoms with Crippen LogP contribution in [-0.4, -0.2) is 38.8 Å². The van der Waals surface area contributed by atoms with Crippen molar-refractivity contribution in [3.05, 3.63) is 53.1 Å². The van der Waals surface area contributed by atoms with Crippen molar-refractivity contribution in [2.45, 2.75) is 38.0 Å². The molecule has 0 saturated carbocycles. The smallest absolute Gasteiger partial charge is 0.255 e. The van der Waals surface area contributed by atoms with Crippen LogP contribution in [0.15, 0.2) is 41.3 Å². The molecule has 1 saturated heterocycles. The molecular weight excluding hydrogens is 376 g/mol. The van der Waals surface area contributed by atoms with Crippen LogP contribution in [-0.2, 0) is 10.0 Å². The molecule has 0 radical (unpaired) electrons. The molecule has 2 aromatic rings. The first-order chi connectivity index (χ1) is 13.3. The second-order valence-corrected chi connectivity index (χ2v) is 8.99. The lowest BCUT2D eigenvalue weighted by Gasteiger charge is -2.26. The average molecular weight is 403 g/mol. The van der Waals surface area contributed by atoms with E-state index in [1.165, 1.54) is 17.5 Å². The Labute approximate surface area is 166 Å². The molecule has 1 N–H and O–H groups in total. The van der Waals surface area contributed by atoms with Gasteiger partial charge in [-0.1, -0.05) is 12.5 Å². The molecule has 0 spiro atoms. The summed E-state index contributed by atoms with van der Waals surface area (Å²) in [5.74, 6) is -0.00987. The minimum absolute atomic E-state index is 0.0785. The lowest BCUT2D eigenvalue weighted by molar-refractivity contribution is 0.102. The molecule has 2 aromatic carbocycles. The van der Waals surface area contributed by atoms with E-state index in [9.17, 15) is 13.2 Å². The van der Waals surface area contributed by atoms with Gasteiger partial charge in [0, 0.05) is 24.3 Å². The first-order valence-electron chi connectivity index (χ1n) is 9.40. The SMILES string of the molecule is COc1ccc(NC(=O)c2ccc(C)c(C)c2)cc1S(=O)(=O)N1CCCCC1. The van der Waals surface area contributed by atoms with Gasteiger partial charge in [-0.15, -0.1) is 0 Å². The summed E-state index contributed by atoms with van der Waals surface area (Å²) < 4.78 is 32.9. The Balaban J connectivity index is 1.90. The minimum atomic E-state index is -3.68. The molecule has 3 rings (SSSR count). The Morgan fingerprint density at radius 2 is 1.71 bits per heavy atom. The van der Waals surface area contributed by atoms with Crippen LogP contribution in [0.3, 0.4) is 0 Å². The first-order valence-corrected chi connectivity index (χ1v) is 10.8. The van der Waals surface area contributed by atoms with Crippen LogP contribution in [0.5, 0.6) is 5.75 Å². The molecule has 1 fully saturated rings. The number of hydrogen-bond donors (Lipinski definition) is 1. The van der Waals surface area contributed by atoms with Crippen molar-refractivity contribution in [2.75, 3.05) is 25.5 Å². The van der Waals surface area contributed by atoms with E-state index in [1.54, 1.807) is 18.2 Å². The van der Waals surface area contributed by atoms with Crippen molar-refractivity contribution in [3.63, 3.8) is 0 Å². The van der Waals surface area contributed by atoms with Crippen LogP contribution < -0.4 is 10.1 Å². The highest BCUT2D eigenvalue weighted by Gasteiger charge is 2.29. The maximum absolute atomic E-state index is 13.1. The maximum atomic E-state index is 13.1. The Bertz CT molecular complexity index is 980. The number of benzene rings is 2. The van der Waals surface area contributed by atoms with Gasteiger partial charge in [0.1, 0.15) is 10.6 Å². The molecule has 1 amide bonds. The summed E-state index contributed by atoms with van der Waals surface area (Å²) in [5, 5.41) is 2.79. The molecule has 1 aliphatic heterocycles. The summed E-state index contributed by atoms with van der Waals surface area (Å²) in [5.41, 5.74) is 3.07. The Morgan fingerprint density at radius 1 is 1.00 bits per heavy atom. The number of amides is 1. The number of nitrogens with zero attached hydrogens (tertiary/aromatic N) is 1. The topological polar surface area (TPSA) is 75.7 Å². The lowest BCUT2D eigenvalue weighted by atomic mass is 10.1. The fourth-order valence-electron chi connectivity index (χ4n) is 3.29. The number of anilines is 1. The molecule has 1 heterocycles. The second kappa shape index (κ2) is 8.32. The van der Waals surface area contributed by atoms with Crippen LogP contribution in [0.1, 0.15) is 40.7 Å². The van der Waals surface area contributed by atoms with Crippen LogP contribution >= 0.6 is 0 Å². The Hall–Kier alpha value is -2.38. The normalized spacial score (nSPS) is 15.2. The maximum Gasteiger partial charge on any atom is 0.255 e. The molecule has 6 nitrogen and oxygen atoms in total. The molecule has 7 heteroatoms. The molecule has 0 atom stereocenters. The third kappa shape index (κ3) is 4.20. The standard InChI is InChI=1S/C21H26N2O4S/c1-15-7-8-17(13-16(15)2)21(24)22-18-9-10-19(27-3)20(14-18)28(25,26)23-11-5-4-6-12-23/h7-10,13-14H,4-6,11-12H2,1-3H3,(H,22,24). The van der Waals surface area contributed by atoms with E-state index in [-0.39, 0.29) is 16.6 Å². The van der Waals surface area contributed by atoms with Crippen LogP contribution in [0.25, 0.3) is 0 Å². The van der Waals surface area contributed by atoms with E-state index in [2.05, 4.69) is 5.32 Å². The Morgan fingerprint density at radius 3 is 2.36 bits per heavy atom. The van der Waals surface area contributed by atoms with Gasteiger partial charge in [-0.05, 0) is 68.1 Å². The van der Waals surface area contributed by atoms with Crippen molar-refractivity contribution in [2.24, 2.45) is 0 Å². The predicted molar refractivity (Wildman–Crippen MR) is 109 cm³/mol. The van der Waals surface area contributed by atoms with Crippen LogP contribution in [0.4, 0.5) is 5.69 Å². The number of carbonyl (C=O) groups is 1. The quantitative estimate of drug-likeness (QED) is 0.827. The minimum Gasteiger partial charge on any atom is -0.495 e. The second-order valence-electron chi connectivity index (χ2n) is 7.08. The summed E-state index contributed by atoms with van der Waals surface area (Å²) in [6.45, 7) is 4.94. The fraction of sp³-hybridized carbons (Fsp3) is 0.381. The van der Waals surface area contributed by atoms with Gasteiger partial charge in [-0.3, -0.25) is 4.79 Å². The van der Waals surface area contributed by atoms with E-state index in [1.807, 2.05) is 26.0 Å². The highest BCUT2D eigenvalue weighted by molar-refractivity contribution is 7.89. The number of methoxy groups -OCH3 is 1. The number of carbonyl (C=O) groups excluding carboxylic acids is 1. The fourth-order valence-corrected chi connectivity index (χ4v) is 4.98. The molecule has 150 valence electrons.